The van der Waals surface area contributed by atoms with Crippen LogP contribution in [0.15, 0.2) is 57.9 Å². The largest absolute Gasteiger partial charge is 0.494 e. The Labute approximate surface area is 131 Å². The van der Waals surface area contributed by atoms with Crippen LogP contribution in [0.5, 0.6) is 5.75 Å². The first-order valence-electron chi connectivity index (χ1n) is 6.77. The van der Waals surface area contributed by atoms with E-state index in [0.717, 1.165) is 5.39 Å². The molecule has 3 rings (SSSR count). The molecule has 0 unspecified atom stereocenters. The monoisotopic (exact) mass is 308 g/mol. The minimum Gasteiger partial charge on any atom is -0.494 e. The Hall–Kier alpha value is -3.37. The fraction of sp³-hybridized carbons (Fsp3) is 0.0588. The Kier molecular flexibility index (Phi) is 3.91. The minimum atomic E-state index is -0.397. The highest BCUT2D eigenvalue weighted by Gasteiger charge is 2.14. The van der Waals surface area contributed by atoms with Crippen molar-refractivity contribution < 1.29 is 18.7 Å². The van der Waals surface area contributed by atoms with Crippen molar-refractivity contribution in [1.82, 2.24) is 0 Å². The van der Waals surface area contributed by atoms with Gasteiger partial charge in [-0.05, 0) is 24.3 Å². The number of nitrogens with one attached hydrogen (secondary N) is 1. The number of furan rings is 1. The average Bonchev–Trinajstić information content (AvgIpc) is 3.00. The summed E-state index contributed by atoms with van der Waals surface area (Å²) >= 11 is 0. The number of isocyanates is 1. The fourth-order valence-corrected chi connectivity index (χ4v) is 2.18. The predicted octanol–water partition coefficient (Wildman–Crippen LogP) is 3.66. The molecule has 0 aliphatic rings. The number of benzene rings is 2. The second-order valence-electron chi connectivity index (χ2n) is 4.69. The summed E-state index contributed by atoms with van der Waals surface area (Å²) in [6.07, 6.45) is 1.45. The summed E-state index contributed by atoms with van der Waals surface area (Å²) in [5.74, 6) is 0.181. The van der Waals surface area contributed by atoms with Crippen LogP contribution in [0.25, 0.3) is 11.0 Å². The number of methoxy groups -OCH3 is 1. The van der Waals surface area contributed by atoms with Crippen molar-refractivity contribution in [3.05, 3.63) is 54.3 Å². The number of hydrogen-bond donors (Lipinski definition) is 1. The Bertz CT molecular complexity index is 890. The molecule has 0 radical (unpaired) electrons. The summed E-state index contributed by atoms with van der Waals surface area (Å²) in [4.78, 5) is 26.1. The molecule has 6 heteroatoms. The van der Waals surface area contributed by atoms with Gasteiger partial charge in [0.25, 0.3) is 5.91 Å². The van der Waals surface area contributed by atoms with E-state index in [4.69, 9.17) is 9.15 Å². The topological polar surface area (TPSA) is 80.9 Å². The molecule has 2 aromatic carbocycles. The zero-order valence-corrected chi connectivity index (χ0v) is 12.2. The molecule has 1 aromatic heterocycles. The van der Waals surface area contributed by atoms with Crippen molar-refractivity contribution in [2.24, 2.45) is 4.99 Å². The second kappa shape index (κ2) is 6.17. The van der Waals surface area contributed by atoms with Crippen molar-refractivity contribution in [3.63, 3.8) is 0 Å². The standard InChI is InChI=1S/C17H12N2O4/c1-22-15-9-12(18-10-20)6-7-13(15)19-17(21)16-8-11-4-2-3-5-14(11)23-16/h2-9H,1H3,(H,19,21). The number of carbonyl (C=O) groups is 1. The summed E-state index contributed by atoms with van der Waals surface area (Å²) in [6, 6.07) is 13.7. The van der Waals surface area contributed by atoms with Crippen molar-refractivity contribution >= 4 is 34.3 Å². The quantitative estimate of drug-likeness (QED) is 0.589. The number of hydrogen-bond acceptors (Lipinski definition) is 5. The number of nitrogens with zero attached hydrogens (tertiary/aromatic N) is 1. The van der Waals surface area contributed by atoms with E-state index in [1.807, 2.05) is 18.2 Å². The second-order valence-corrected chi connectivity index (χ2v) is 4.69. The number of fused-ring (bicyclic) bond motifs is 1. The lowest BCUT2D eigenvalue weighted by atomic mass is 10.2. The van der Waals surface area contributed by atoms with Crippen LogP contribution in [0.3, 0.4) is 0 Å². The number of ether oxygens (including phenoxy) is 1. The minimum absolute atomic E-state index is 0.197. The molecule has 0 saturated carbocycles. The van der Waals surface area contributed by atoms with E-state index in [2.05, 4.69) is 10.3 Å². The van der Waals surface area contributed by atoms with Crippen molar-refractivity contribution in [1.29, 1.82) is 0 Å². The summed E-state index contributed by atoms with van der Waals surface area (Å²) in [7, 11) is 1.46. The van der Waals surface area contributed by atoms with Gasteiger partial charge < -0.3 is 14.5 Å². The summed E-state index contributed by atoms with van der Waals surface area (Å²) < 4.78 is 10.7. The molecule has 114 valence electrons. The van der Waals surface area contributed by atoms with Gasteiger partial charge in [-0.1, -0.05) is 18.2 Å². The molecule has 0 aliphatic heterocycles. The summed E-state index contributed by atoms with van der Waals surface area (Å²) in [5.41, 5.74) is 1.47. The van der Waals surface area contributed by atoms with Gasteiger partial charge in [0.2, 0.25) is 6.08 Å². The number of rotatable bonds is 4. The molecular formula is C17H12N2O4. The van der Waals surface area contributed by atoms with E-state index in [9.17, 15) is 9.59 Å². The highest BCUT2D eigenvalue weighted by atomic mass is 16.5. The van der Waals surface area contributed by atoms with Crippen molar-refractivity contribution in [3.8, 4) is 5.75 Å². The fourth-order valence-electron chi connectivity index (χ4n) is 2.18. The zero-order valence-electron chi connectivity index (χ0n) is 12.2. The molecule has 23 heavy (non-hydrogen) atoms. The van der Waals surface area contributed by atoms with Gasteiger partial charge in [0.15, 0.2) is 5.76 Å². The van der Waals surface area contributed by atoms with E-state index in [1.165, 1.54) is 19.3 Å². The lowest BCUT2D eigenvalue weighted by Gasteiger charge is -2.09. The van der Waals surface area contributed by atoms with Gasteiger partial charge in [-0.3, -0.25) is 4.79 Å². The number of carbonyl (C=O) groups excluding carboxylic acids is 2. The van der Waals surface area contributed by atoms with Crippen LogP contribution < -0.4 is 10.1 Å². The predicted molar refractivity (Wildman–Crippen MR) is 84.9 cm³/mol. The normalized spacial score (nSPS) is 10.1. The van der Waals surface area contributed by atoms with Crippen LogP contribution in [0.4, 0.5) is 11.4 Å². The van der Waals surface area contributed by atoms with E-state index in [-0.39, 0.29) is 5.76 Å². The Morgan fingerprint density at radius 1 is 1.22 bits per heavy atom. The van der Waals surface area contributed by atoms with Gasteiger partial charge in [-0.15, -0.1) is 0 Å². The van der Waals surface area contributed by atoms with Gasteiger partial charge >= 0.3 is 0 Å². The number of amides is 1. The lowest BCUT2D eigenvalue weighted by Crippen LogP contribution is -2.11. The maximum absolute atomic E-state index is 12.3. The molecule has 6 nitrogen and oxygen atoms in total. The molecule has 0 spiro atoms. The van der Waals surface area contributed by atoms with Crippen LogP contribution in [0.1, 0.15) is 10.6 Å². The molecule has 0 saturated heterocycles. The maximum atomic E-state index is 12.3. The zero-order chi connectivity index (χ0) is 16.2. The first-order chi connectivity index (χ1) is 11.2. The third-order valence-electron chi connectivity index (χ3n) is 3.26. The maximum Gasteiger partial charge on any atom is 0.291 e. The molecule has 0 aliphatic carbocycles. The highest BCUT2D eigenvalue weighted by molar-refractivity contribution is 6.05. The van der Waals surface area contributed by atoms with Gasteiger partial charge in [0.1, 0.15) is 11.3 Å². The van der Waals surface area contributed by atoms with E-state index < -0.39 is 5.91 Å². The van der Waals surface area contributed by atoms with Crippen LogP contribution in [-0.4, -0.2) is 19.1 Å². The summed E-state index contributed by atoms with van der Waals surface area (Å²) in [6.45, 7) is 0. The molecule has 0 fully saturated rings. The van der Waals surface area contributed by atoms with Gasteiger partial charge in [-0.25, -0.2) is 4.79 Å². The van der Waals surface area contributed by atoms with E-state index >= 15 is 0 Å². The SMILES string of the molecule is COc1cc(N=C=O)ccc1NC(=O)c1cc2ccccc2o1. The molecule has 1 heterocycles. The van der Waals surface area contributed by atoms with Crippen LogP contribution in [0, 0.1) is 0 Å². The van der Waals surface area contributed by atoms with Gasteiger partial charge in [0.05, 0.1) is 18.5 Å². The van der Waals surface area contributed by atoms with Gasteiger partial charge in [-0.2, -0.15) is 4.99 Å². The first-order valence-corrected chi connectivity index (χ1v) is 6.77. The van der Waals surface area contributed by atoms with Crippen molar-refractivity contribution in [2.75, 3.05) is 12.4 Å². The highest BCUT2D eigenvalue weighted by Crippen LogP contribution is 2.30. The number of aliphatic imine (C=N–C) groups is 1. The Morgan fingerprint density at radius 3 is 2.78 bits per heavy atom. The van der Waals surface area contributed by atoms with Gasteiger partial charge in [0, 0.05) is 11.5 Å². The molecule has 1 amide bonds. The number of para-hydroxylation sites is 1. The average molecular weight is 308 g/mol. The molecule has 1 N–H and O–H groups in total. The van der Waals surface area contributed by atoms with Crippen molar-refractivity contribution in [2.45, 2.75) is 0 Å². The van der Waals surface area contributed by atoms with Crippen LogP contribution in [0.2, 0.25) is 0 Å². The van der Waals surface area contributed by atoms with E-state index in [0.29, 0.717) is 22.7 Å². The number of anilines is 1. The first kappa shape index (κ1) is 14.6. The molecule has 3 aromatic rings. The third-order valence-corrected chi connectivity index (χ3v) is 3.26. The molecule has 0 atom stereocenters. The summed E-state index contributed by atoms with van der Waals surface area (Å²) in [5, 5.41) is 3.56. The Balaban J connectivity index is 1.88. The van der Waals surface area contributed by atoms with E-state index in [1.54, 1.807) is 24.3 Å². The molecule has 0 bridgehead atoms. The smallest absolute Gasteiger partial charge is 0.291 e. The molecular weight excluding hydrogens is 296 g/mol. The lowest BCUT2D eigenvalue weighted by molar-refractivity contribution is 0.0998. The third kappa shape index (κ3) is 2.97. The van der Waals surface area contributed by atoms with Crippen LogP contribution in [-0.2, 0) is 4.79 Å². The van der Waals surface area contributed by atoms with Crippen LogP contribution >= 0.6 is 0 Å². The Morgan fingerprint density at radius 2 is 2.04 bits per heavy atom.